The fourth-order valence-corrected chi connectivity index (χ4v) is 2.49. The van der Waals surface area contributed by atoms with E-state index >= 15 is 0 Å². The Labute approximate surface area is 124 Å². The van der Waals surface area contributed by atoms with E-state index in [0.29, 0.717) is 13.1 Å². The van der Waals surface area contributed by atoms with Gasteiger partial charge in [-0.2, -0.15) is 0 Å². The molecule has 1 aliphatic rings. The van der Waals surface area contributed by atoms with Gasteiger partial charge in [0.1, 0.15) is 6.29 Å². The predicted molar refractivity (Wildman–Crippen MR) is 78.3 cm³/mol. The summed E-state index contributed by atoms with van der Waals surface area (Å²) in [7, 11) is 0. The molecule has 0 aliphatic carbocycles. The van der Waals surface area contributed by atoms with E-state index in [1.165, 1.54) is 0 Å². The molecule has 1 aliphatic heterocycles. The largest absolute Gasteiger partial charge is 0.352 e. The van der Waals surface area contributed by atoms with Crippen LogP contribution in [0.2, 0.25) is 0 Å². The summed E-state index contributed by atoms with van der Waals surface area (Å²) >= 11 is 0. The van der Waals surface area contributed by atoms with Crippen molar-refractivity contribution >= 4 is 18.1 Å². The first-order chi connectivity index (χ1) is 10.2. The van der Waals surface area contributed by atoms with Gasteiger partial charge in [0.05, 0.1) is 6.04 Å². The van der Waals surface area contributed by atoms with Crippen LogP contribution in [-0.4, -0.2) is 35.6 Å². The monoisotopic (exact) mass is 288 g/mol. The van der Waals surface area contributed by atoms with E-state index in [0.717, 1.165) is 24.7 Å². The van der Waals surface area contributed by atoms with Crippen LogP contribution in [0.25, 0.3) is 0 Å². The molecule has 0 bridgehead atoms. The topological polar surface area (TPSA) is 66.5 Å². The standard InChI is InChI=1S/C16H20N2O3/c19-12-14-7-4-10-18(14)16(21)9-8-15(20)17-11-13-5-2-1-3-6-13/h1-3,5-6,12,14H,4,7-11H2,(H,17,20)/t14-/m0/s1. The number of benzene rings is 1. The Morgan fingerprint density at radius 2 is 2.00 bits per heavy atom. The quantitative estimate of drug-likeness (QED) is 0.802. The van der Waals surface area contributed by atoms with E-state index in [-0.39, 0.29) is 30.7 Å². The molecule has 112 valence electrons. The minimum atomic E-state index is -0.301. The van der Waals surface area contributed by atoms with E-state index in [1.807, 2.05) is 30.3 Å². The van der Waals surface area contributed by atoms with Gasteiger partial charge in [-0.3, -0.25) is 9.59 Å². The number of rotatable bonds is 6. The predicted octanol–water partition coefficient (Wildman–Crippen LogP) is 1.27. The second kappa shape index (κ2) is 7.57. The van der Waals surface area contributed by atoms with Gasteiger partial charge in [-0.05, 0) is 18.4 Å². The number of amides is 2. The highest BCUT2D eigenvalue weighted by molar-refractivity contribution is 5.85. The molecule has 1 aromatic rings. The molecule has 0 radical (unpaired) electrons. The van der Waals surface area contributed by atoms with Gasteiger partial charge >= 0.3 is 0 Å². The van der Waals surface area contributed by atoms with Gasteiger partial charge < -0.3 is 15.0 Å². The van der Waals surface area contributed by atoms with Gasteiger partial charge in [0.2, 0.25) is 11.8 Å². The van der Waals surface area contributed by atoms with E-state index < -0.39 is 0 Å². The molecule has 1 atom stereocenters. The molecule has 21 heavy (non-hydrogen) atoms. The molecule has 1 N–H and O–H groups in total. The molecule has 1 saturated heterocycles. The Balaban J connectivity index is 1.71. The second-order valence-corrected chi connectivity index (χ2v) is 5.20. The first kappa shape index (κ1) is 15.2. The number of nitrogens with one attached hydrogen (secondary N) is 1. The van der Waals surface area contributed by atoms with E-state index in [2.05, 4.69) is 5.32 Å². The minimum absolute atomic E-state index is 0.112. The summed E-state index contributed by atoms with van der Waals surface area (Å²) in [4.78, 5) is 36.1. The number of carbonyl (C=O) groups excluding carboxylic acids is 3. The second-order valence-electron chi connectivity index (χ2n) is 5.20. The van der Waals surface area contributed by atoms with Gasteiger partial charge in [0.25, 0.3) is 0 Å². The molecule has 0 saturated carbocycles. The molecule has 0 unspecified atom stereocenters. The molecule has 2 amide bonds. The van der Waals surface area contributed by atoms with Crippen molar-refractivity contribution in [3.63, 3.8) is 0 Å². The van der Waals surface area contributed by atoms with Gasteiger partial charge in [-0.1, -0.05) is 30.3 Å². The molecule has 0 aromatic heterocycles. The Morgan fingerprint density at radius 1 is 1.24 bits per heavy atom. The molecule has 2 rings (SSSR count). The van der Waals surface area contributed by atoms with Crippen LogP contribution >= 0.6 is 0 Å². The lowest BCUT2D eigenvalue weighted by Gasteiger charge is -2.20. The van der Waals surface area contributed by atoms with Gasteiger partial charge in [-0.25, -0.2) is 0 Å². The van der Waals surface area contributed by atoms with Crippen LogP contribution in [0.1, 0.15) is 31.2 Å². The van der Waals surface area contributed by atoms with E-state index in [1.54, 1.807) is 4.90 Å². The average molecular weight is 288 g/mol. The summed E-state index contributed by atoms with van der Waals surface area (Å²) < 4.78 is 0. The average Bonchev–Trinajstić information content (AvgIpc) is 3.00. The first-order valence-corrected chi connectivity index (χ1v) is 7.26. The van der Waals surface area contributed by atoms with Crippen LogP contribution in [0.4, 0.5) is 0 Å². The summed E-state index contributed by atoms with van der Waals surface area (Å²) in [5.41, 5.74) is 1.03. The molecule has 1 fully saturated rings. The van der Waals surface area contributed by atoms with Crippen LogP contribution in [0.5, 0.6) is 0 Å². The Hall–Kier alpha value is -2.17. The van der Waals surface area contributed by atoms with Crippen molar-refractivity contribution in [2.45, 2.75) is 38.3 Å². The Bertz CT molecular complexity index is 502. The Kier molecular flexibility index (Phi) is 5.49. The van der Waals surface area contributed by atoms with Gasteiger partial charge in [0, 0.05) is 25.9 Å². The van der Waals surface area contributed by atoms with Crippen LogP contribution in [0, 0.1) is 0 Å². The smallest absolute Gasteiger partial charge is 0.223 e. The third-order valence-electron chi connectivity index (χ3n) is 3.68. The van der Waals surface area contributed by atoms with Crippen molar-refractivity contribution in [3.05, 3.63) is 35.9 Å². The summed E-state index contributed by atoms with van der Waals surface area (Å²) in [6.07, 6.45) is 2.73. The van der Waals surface area contributed by atoms with Gasteiger partial charge in [0.15, 0.2) is 0 Å². The van der Waals surface area contributed by atoms with Crippen molar-refractivity contribution in [2.24, 2.45) is 0 Å². The normalized spacial score (nSPS) is 17.5. The third-order valence-corrected chi connectivity index (χ3v) is 3.68. The summed E-state index contributed by atoms with van der Waals surface area (Å²) in [5.74, 6) is -0.256. The zero-order valence-corrected chi connectivity index (χ0v) is 12.0. The summed E-state index contributed by atoms with van der Waals surface area (Å²) in [6.45, 7) is 1.09. The number of carbonyl (C=O) groups is 3. The molecule has 5 heteroatoms. The van der Waals surface area contributed by atoms with E-state index in [9.17, 15) is 14.4 Å². The summed E-state index contributed by atoms with van der Waals surface area (Å²) in [6, 6.07) is 9.32. The van der Waals surface area contributed by atoms with Crippen molar-refractivity contribution in [3.8, 4) is 0 Å². The van der Waals surface area contributed by atoms with Crippen molar-refractivity contribution in [1.82, 2.24) is 10.2 Å². The van der Waals surface area contributed by atoms with Gasteiger partial charge in [-0.15, -0.1) is 0 Å². The highest BCUT2D eigenvalue weighted by Crippen LogP contribution is 2.16. The fourth-order valence-electron chi connectivity index (χ4n) is 2.49. The van der Waals surface area contributed by atoms with Crippen molar-refractivity contribution in [2.75, 3.05) is 6.54 Å². The minimum Gasteiger partial charge on any atom is -0.352 e. The zero-order chi connectivity index (χ0) is 15.1. The maximum absolute atomic E-state index is 12.0. The van der Waals surface area contributed by atoms with E-state index in [4.69, 9.17) is 0 Å². The highest BCUT2D eigenvalue weighted by atomic mass is 16.2. The molecule has 1 heterocycles. The lowest BCUT2D eigenvalue weighted by atomic mass is 10.2. The fraction of sp³-hybridized carbons (Fsp3) is 0.438. The molecule has 0 spiro atoms. The first-order valence-electron chi connectivity index (χ1n) is 7.26. The molecule has 1 aromatic carbocycles. The number of hydrogen-bond donors (Lipinski definition) is 1. The van der Waals surface area contributed by atoms with Crippen molar-refractivity contribution in [1.29, 1.82) is 0 Å². The molecule has 5 nitrogen and oxygen atoms in total. The number of likely N-dealkylation sites (tertiary alicyclic amines) is 1. The SMILES string of the molecule is O=C[C@@H]1CCCN1C(=O)CCC(=O)NCc1ccccc1. The lowest BCUT2D eigenvalue weighted by molar-refractivity contribution is -0.136. The molecular formula is C16H20N2O3. The maximum atomic E-state index is 12.0. The van der Waals surface area contributed by atoms with Crippen LogP contribution in [0.15, 0.2) is 30.3 Å². The number of hydrogen-bond acceptors (Lipinski definition) is 3. The number of aldehydes is 1. The zero-order valence-electron chi connectivity index (χ0n) is 12.0. The van der Waals surface area contributed by atoms with Crippen LogP contribution in [-0.2, 0) is 20.9 Å². The Morgan fingerprint density at radius 3 is 2.71 bits per heavy atom. The number of nitrogens with zero attached hydrogens (tertiary/aromatic N) is 1. The van der Waals surface area contributed by atoms with Crippen LogP contribution < -0.4 is 5.32 Å². The highest BCUT2D eigenvalue weighted by Gasteiger charge is 2.27. The maximum Gasteiger partial charge on any atom is 0.223 e. The third kappa shape index (κ3) is 4.41. The lowest BCUT2D eigenvalue weighted by Crippen LogP contribution is -2.37. The van der Waals surface area contributed by atoms with Crippen molar-refractivity contribution < 1.29 is 14.4 Å². The molecular weight excluding hydrogens is 268 g/mol. The van der Waals surface area contributed by atoms with Crippen LogP contribution in [0.3, 0.4) is 0 Å². The summed E-state index contributed by atoms with van der Waals surface area (Å²) in [5, 5.41) is 2.79.